The molecule has 8 aromatic rings. The van der Waals surface area contributed by atoms with E-state index in [4.69, 9.17) is 63.3 Å². The number of H-pyrrole nitrogens is 2. The van der Waals surface area contributed by atoms with Crippen LogP contribution < -0.4 is 31.0 Å². The third kappa shape index (κ3) is 21.4. The van der Waals surface area contributed by atoms with Crippen molar-refractivity contribution in [3.05, 3.63) is 184 Å². The van der Waals surface area contributed by atoms with E-state index in [0.29, 0.717) is 57.5 Å². The van der Waals surface area contributed by atoms with Crippen molar-refractivity contribution in [2.45, 2.75) is 57.8 Å². The molecular formula is C74H83Cl5F3N15O8. The van der Waals surface area contributed by atoms with Crippen LogP contribution in [0.1, 0.15) is 60.0 Å². The number of halogens is 8. The van der Waals surface area contributed by atoms with Crippen LogP contribution in [0.5, 0.6) is 0 Å². The summed E-state index contributed by atoms with van der Waals surface area (Å²) in [7, 11) is 0. The highest BCUT2D eigenvalue weighted by Crippen LogP contribution is 2.38. The first-order valence-corrected chi connectivity index (χ1v) is 36.3. The fourth-order valence-electron chi connectivity index (χ4n) is 13.2. The molecule has 105 heavy (non-hydrogen) atoms. The Hall–Kier alpha value is -9.39. The van der Waals surface area contributed by atoms with E-state index in [1.807, 2.05) is 113 Å². The van der Waals surface area contributed by atoms with Crippen molar-refractivity contribution in [1.29, 1.82) is 5.26 Å². The summed E-state index contributed by atoms with van der Waals surface area (Å²) < 4.78 is 42.0. The molecule has 14 rings (SSSR count). The zero-order valence-corrected chi connectivity index (χ0v) is 61.9. The van der Waals surface area contributed by atoms with Crippen LogP contribution in [0.2, 0.25) is 25.1 Å². The molecule has 23 nitrogen and oxygen atoms in total. The molecule has 0 atom stereocenters. The number of nitriles is 1. The number of nitrogens with one attached hydrogen (secondary N) is 2. The summed E-state index contributed by atoms with van der Waals surface area (Å²) in [6, 6.07) is 37.1. The second-order valence-electron chi connectivity index (χ2n) is 25.9. The second kappa shape index (κ2) is 38.0. The maximum absolute atomic E-state index is 12.8. The van der Waals surface area contributed by atoms with E-state index in [0.717, 1.165) is 225 Å². The third-order valence-corrected chi connectivity index (χ3v) is 20.7. The van der Waals surface area contributed by atoms with Gasteiger partial charge < -0.3 is 59.0 Å². The topological polar surface area (TPSA) is 234 Å². The van der Waals surface area contributed by atoms with Crippen molar-refractivity contribution < 1.29 is 41.9 Å². The minimum Gasteiger partial charge on any atom is -0.368 e. The number of hydrogen-bond acceptors (Lipinski definition) is 13. The summed E-state index contributed by atoms with van der Waals surface area (Å²) in [5.41, 5.74) is 9.15. The van der Waals surface area contributed by atoms with Crippen LogP contribution in [-0.2, 0) is 34.9 Å². The van der Waals surface area contributed by atoms with Crippen LogP contribution in [0.3, 0.4) is 0 Å². The number of amides is 6. The molecule has 0 unspecified atom stereocenters. The molecule has 31 heteroatoms. The molecule has 6 aliphatic heterocycles. The molecule has 0 spiro atoms. The number of likely N-dealkylation sites (tertiary alicyclic amines) is 2. The quantitative estimate of drug-likeness (QED) is 0.108. The molecule has 6 amide bonds. The van der Waals surface area contributed by atoms with Gasteiger partial charge in [0.1, 0.15) is 6.07 Å². The first kappa shape index (κ1) is 79.7. The molecule has 2 N–H and O–H groups in total. The Morgan fingerprint density at radius 1 is 0.419 bits per heavy atom. The Kier molecular flexibility index (Phi) is 28.9. The molecule has 0 saturated carbocycles. The van der Waals surface area contributed by atoms with Gasteiger partial charge in [-0.3, -0.25) is 37.9 Å². The smallest absolute Gasteiger partial charge is 0.368 e. The van der Waals surface area contributed by atoms with Crippen molar-refractivity contribution in [2.24, 2.45) is 0 Å². The molecule has 0 aliphatic carbocycles. The monoisotopic (exact) mass is 1540 g/mol. The highest BCUT2D eigenvalue weighted by molar-refractivity contribution is 6.43. The van der Waals surface area contributed by atoms with Gasteiger partial charge in [-0.15, -0.1) is 0 Å². The number of nitrogens with zero attached hydrogens (tertiary/aromatic N) is 13. The predicted molar refractivity (Wildman–Crippen MR) is 406 cm³/mol. The number of rotatable bonds is 12. The lowest BCUT2D eigenvalue weighted by molar-refractivity contribution is -0.137. The van der Waals surface area contributed by atoms with Gasteiger partial charge in [0.25, 0.3) is 0 Å². The Balaban J connectivity index is 0.000000146. The number of alkyl halides is 3. The van der Waals surface area contributed by atoms with Crippen molar-refractivity contribution in [3.8, 4) is 6.07 Å². The molecule has 0 radical (unpaired) electrons. The average Bonchev–Trinajstić information content (AvgIpc) is 1.65. The minimum atomic E-state index is -4.46. The highest BCUT2D eigenvalue weighted by Gasteiger charge is 2.34. The summed E-state index contributed by atoms with van der Waals surface area (Å²) in [6.45, 7) is 18.1. The summed E-state index contributed by atoms with van der Waals surface area (Å²) in [5.74, 6) is 0. The molecule has 6 aliphatic rings. The number of piperidine rings is 2. The van der Waals surface area contributed by atoms with Gasteiger partial charge in [-0.2, -0.15) is 18.4 Å². The summed E-state index contributed by atoms with van der Waals surface area (Å²) >= 11 is 29.6. The van der Waals surface area contributed by atoms with Crippen molar-refractivity contribution in [2.75, 3.05) is 150 Å². The first-order valence-electron chi connectivity index (χ1n) is 34.4. The van der Waals surface area contributed by atoms with Gasteiger partial charge in [0.05, 0.1) is 59.6 Å². The Morgan fingerprint density at radius 2 is 0.838 bits per heavy atom. The van der Waals surface area contributed by atoms with Crippen LogP contribution in [0.4, 0.5) is 35.9 Å². The number of aromatic amines is 2. The van der Waals surface area contributed by atoms with Crippen LogP contribution in [0.15, 0.2) is 125 Å². The van der Waals surface area contributed by atoms with Gasteiger partial charge >= 0.3 is 17.6 Å². The normalized spacial score (nSPS) is 16.5. The average molecular weight is 1540 g/mol. The van der Waals surface area contributed by atoms with Crippen molar-refractivity contribution in [3.63, 3.8) is 0 Å². The Bertz CT molecular complexity index is 4410. The van der Waals surface area contributed by atoms with Gasteiger partial charge in [-0.1, -0.05) is 88.3 Å². The third-order valence-electron chi connectivity index (χ3n) is 19.1. The minimum absolute atomic E-state index is 0.0508. The molecule has 558 valence electrons. The summed E-state index contributed by atoms with van der Waals surface area (Å²) in [4.78, 5) is 113. The summed E-state index contributed by atoms with van der Waals surface area (Å²) in [5, 5.41) is 11.1. The number of aromatic nitrogens is 4. The number of para-hydroxylation sites is 1. The van der Waals surface area contributed by atoms with Crippen molar-refractivity contribution in [1.82, 2.24) is 48.5 Å². The van der Waals surface area contributed by atoms with E-state index in [1.165, 1.54) is 6.07 Å². The molecule has 6 aromatic carbocycles. The van der Waals surface area contributed by atoms with E-state index in [1.54, 1.807) is 47.6 Å². The molecule has 6 saturated heterocycles. The number of carbonyl (C=O) groups is 6. The standard InChI is InChI=1S/2C14H17N3O2.C12H12ClF3N2O.C12H13N3O.2C11H12Cl2N2O/c1-10-2-3-13-12(8-10)15-14(19)17(13)11-4-6-16(9-18)7-5-11;1-10-2-3-12-13(8-10)17(14(19)15-12)11-4-6-16(9-18)7-5-11;13-11-2-1-9(7-10(11)12(14,15)16)18-5-3-17(8-19)4-6-18;13-9-11-3-1-2-4-12(11)15-7-5-14(10-16)6-8-15;12-9-5-10(13)7-11(6-9)15-3-1-14(8-16)2-4-15;12-9-2-1-3-10(11(9)13)15-6-4-14(8-16)5-7-15/h2*2-3,8-9,11H,4-7H2,1H3,(H,15,19);1-2,7-8H,3-6H2;1-4,10H,5-8H2;5-8H,1-4H2;1-3,8H,4-7H2. The Morgan fingerprint density at radius 3 is 1.32 bits per heavy atom. The van der Waals surface area contributed by atoms with Gasteiger partial charge in [-0.25, -0.2) is 9.59 Å². The Labute approximate surface area is 631 Å². The number of benzene rings is 6. The number of hydrogen-bond donors (Lipinski definition) is 2. The number of anilines is 4. The maximum Gasteiger partial charge on any atom is 0.417 e. The van der Waals surface area contributed by atoms with E-state index >= 15 is 0 Å². The van der Waals surface area contributed by atoms with E-state index in [2.05, 4.69) is 30.7 Å². The largest absolute Gasteiger partial charge is 0.417 e. The van der Waals surface area contributed by atoms with Gasteiger partial charge in [0, 0.05) is 164 Å². The second-order valence-corrected chi connectivity index (χ2v) is 28.0. The zero-order valence-electron chi connectivity index (χ0n) is 58.2. The molecule has 8 heterocycles. The van der Waals surface area contributed by atoms with Gasteiger partial charge in [-0.05, 0) is 136 Å². The fraction of sp³-hybridized carbons (Fsp3) is 0.392. The van der Waals surface area contributed by atoms with Crippen molar-refractivity contribution >= 4 is 141 Å². The number of carbonyl (C=O) groups excluding carboxylic acids is 6. The van der Waals surface area contributed by atoms with Crippen LogP contribution >= 0.6 is 58.0 Å². The first-order chi connectivity index (χ1) is 50.5. The molecular weight excluding hydrogens is 1460 g/mol. The number of aryl methyl sites for hydroxylation is 2. The fourth-order valence-corrected chi connectivity index (χ4v) is 14.4. The number of piperazine rings is 4. The van der Waals surface area contributed by atoms with Crippen LogP contribution in [-0.4, -0.2) is 218 Å². The summed E-state index contributed by atoms with van der Waals surface area (Å²) in [6.07, 6.45) is 4.05. The lowest BCUT2D eigenvalue weighted by Crippen LogP contribution is -2.45. The van der Waals surface area contributed by atoms with E-state index in [-0.39, 0.29) is 28.5 Å². The van der Waals surface area contributed by atoms with E-state index in [9.17, 15) is 51.5 Å². The maximum atomic E-state index is 12.8. The van der Waals surface area contributed by atoms with Gasteiger partial charge in [0.2, 0.25) is 38.5 Å². The lowest BCUT2D eigenvalue weighted by Gasteiger charge is -2.34. The van der Waals surface area contributed by atoms with Crippen LogP contribution in [0, 0.1) is 25.2 Å². The molecule has 2 aromatic heterocycles. The van der Waals surface area contributed by atoms with E-state index < -0.39 is 11.7 Å². The molecule has 0 bridgehead atoms. The number of fused-ring (bicyclic) bond motifs is 2. The van der Waals surface area contributed by atoms with Crippen LogP contribution in [0.25, 0.3) is 22.1 Å². The highest BCUT2D eigenvalue weighted by atomic mass is 35.5. The predicted octanol–water partition coefficient (Wildman–Crippen LogP) is 10.9. The lowest BCUT2D eigenvalue weighted by atomic mass is 10.0. The number of imidazole rings is 2. The molecule has 6 fully saturated rings. The SMILES string of the molecule is Cc1ccc2[nH]c(=O)n(C3CCN(C=O)CC3)c2c1.Cc1ccc2c(c1)[nH]c(=O)n2C1CCN(C=O)CC1.N#Cc1ccccc1N1CCN(C=O)CC1.O=CN1CCN(c2cc(Cl)cc(Cl)c2)CC1.O=CN1CCN(c2ccc(Cl)c(C(F)(F)F)c2)CC1.O=CN1CCN(c2cccc(Cl)c2Cl)CC1. The van der Waals surface area contributed by atoms with Gasteiger partial charge in [0.15, 0.2) is 0 Å². The zero-order chi connectivity index (χ0) is 75.3.